The molecule has 3 aliphatic rings. The van der Waals surface area contributed by atoms with E-state index >= 15 is 0 Å². The quantitative estimate of drug-likeness (QED) is 0.749. The first kappa shape index (κ1) is 14.9. The van der Waals surface area contributed by atoms with E-state index in [1.165, 1.54) is 57.8 Å². The normalized spacial score (nSPS) is 42.0. The molecule has 0 aromatic heterocycles. The number of fused-ring (bicyclic) bond motifs is 2. The van der Waals surface area contributed by atoms with E-state index in [4.69, 9.17) is 0 Å². The van der Waals surface area contributed by atoms with E-state index in [9.17, 15) is 0 Å². The Morgan fingerprint density at radius 2 is 1.75 bits per heavy atom. The molecule has 0 aromatic rings. The van der Waals surface area contributed by atoms with E-state index in [0.717, 1.165) is 23.9 Å². The zero-order valence-electron chi connectivity index (χ0n) is 14.2. The molecule has 20 heavy (non-hydrogen) atoms. The minimum atomic E-state index is 0.541. The zero-order chi connectivity index (χ0) is 14.4. The fraction of sp³-hybridized carbons (Fsp3) is 1.00. The maximum atomic E-state index is 4.16. The van der Waals surface area contributed by atoms with Crippen molar-refractivity contribution < 1.29 is 0 Å². The molecule has 1 N–H and O–H groups in total. The molecule has 3 aliphatic carbocycles. The molecule has 0 amide bonds. The SMILES string of the molecule is CCC(NC1CC2CCC1(C)C2(C)C)C1CCCCC1. The molecule has 0 saturated heterocycles. The molecule has 1 nitrogen and oxygen atoms in total. The molecule has 2 bridgehead atoms. The van der Waals surface area contributed by atoms with E-state index in [0.29, 0.717) is 10.8 Å². The third-order valence-electron chi connectivity index (χ3n) is 7.87. The topological polar surface area (TPSA) is 12.0 Å². The van der Waals surface area contributed by atoms with Gasteiger partial charge in [-0.25, -0.2) is 0 Å². The molecule has 1 heteroatoms. The molecular weight excluding hydrogens is 242 g/mol. The second-order valence-electron chi connectivity index (χ2n) is 8.74. The fourth-order valence-corrected chi connectivity index (χ4v) is 5.84. The van der Waals surface area contributed by atoms with Crippen LogP contribution in [0, 0.1) is 22.7 Å². The van der Waals surface area contributed by atoms with Crippen LogP contribution in [0.4, 0.5) is 0 Å². The van der Waals surface area contributed by atoms with Gasteiger partial charge in [-0.05, 0) is 61.2 Å². The second kappa shape index (κ2) is 5.30. The van der Waals surface area contributed by atoms with E-state index in [1.807, 2.05) is 0 Å². The van der Waals surface area contributed by atoms with Gasteiger partial charge in [-0.2, -0.15) is 0 Å². The average Bonchev–Trinajstić information content (AvgIpc) is 2.78. The van der Waals surface area contributed by atoms with Crippen molar-refractivity contribution in [3.8, 4) is 0 Å². The van der Waals surface area contributed by atoms with Gasteiger partial charge in [-0.3, -0.25) is 0 Å². The molecule has 0 spiro atoms. The Labute approximate surface area is 126 Å². The van der Waals surface area contributed by atoms with Crippen LogP contribution in [-0.2, 0) is 0 Å². The Bertz CT molecular complexity index is 342. The standard InChI is InChI=1S/C19H35N/c1-5-16(14-9-7-6-8-10-14)20-17-13-15-11-12-19(17,4)18(15,2)3/h14-17,20H,5-13H2,1-4H3. The summed E-state index contributed by atoms with van der Waals surface area (Å²) in [5, 5.41) is 4.16. The van der Waals surface area contributed by atoms with Crippen molar-refractivity contribution >= 4 is 0 Å². The lowest BCUT2D eigenvalue weighted by Crippen LogP contribution is -2.50. The summed E-state index contributed by atoms with van der Waals surface area (Å²) in [4.78, 5) is 0. The number of hydrogen-bond donors (Lipinski definition) is 1. The van der Waals surface area contributed by atoms with Crippen LogP contribution >= 0.6 is 0 Å². The molecule has 4 atom stereocenters. The third-order valence-corrected chi connectivity index (χ3v) is 7.87. The molecule has 3 rings (SSSR count). The number of hydrogen-bond acceptors (Lipinski definition) is 1. The lowest BCUT2D eigenvalue weighted by Gasteiger charge is -2.43. The van der Waals surface area contributed by atoms with Crippen molar-refractivity contribution in [1.29, 1.82) is 0 Å². The van der Waals surface area contributed by atoms with Crippen LogP contribution in [-0.4, -0.2) is 12.1 Å². The fourth-order valence-electron chi connectivity index (χ4n) is 5.84. The van der Waals surface area contributed by atoms with E-state index in [-0.39, 0.29) is 0 Å². The van der Waals surface area contributed by atoms with Crippen LogP contribution in [0.15, 0.2) is 0 Å². The van der Waals surface area contributed by atoms with Gasteiger partial charge >= 0.3 is 0 Å². The molecule has 3 saturated carbocycles. The van der Waals surface area contributed by atoms with Crippen molar-refractivity contribution in [2.45, 2.75) is 97.6 Å². The minimum absolute atomic E-state index is 0.541. The van der Waals surface area contributed by atoms with E-state index in [2.05, 4.69) is 33.0 Å². The summed E-state index contributed by atoms with van der Waals surface area (Å²) in [6.07, 6.45) is 13.0. The Morgan fingerprint density at radius 3 is 2.25 bits per heavy atom. The van der Waals surface area contributed by atoms with Gasteiger partial charge < -0.3 is 5.32 Å². The highest BCUT2D eigenvalue weighted by Gasteiger charge is 2.61. The highest BCUT2D eigenvalue weighted by Crippen LogP contribution is 2.65. The summed E-state index contributed by atoms with van der Waals surface area (Å²) in [6.45, 7) is 10.0. The van der Waals surface area contributed by atoms with Crippen LogP contribution in [0.5, 0.6) is 0 Å². The first-order valence-electron chi connectivity index (χ1n) is 9.25. The summed E-state index contributed by atoms with van der Waals surface area (Å²) >= 11 is 0. The van der Waals surface area contributed by atoms with Gasteiger partial charge in [0.05, 0.1) is 0 Å². The molecular formula is C19H35N. The smallest absolute Gasteiger partial charge is 0.0132 e. The van der Waals surface area contributed by atoms with Crippen LogP contribution < -0.4 is 5.32 Å². The highest BCUT2D eigenvalue weighted by atomic mass is 15.0. The molecule has 0 heterocycles. The molecule has 0 aromatic carbocycles. The summed E-state index contributed by atoms with van der Waals surface area (Å²) in [7, 11) is 0. The Morgan fingerprint density at radius 1 is 1.05 bits per heavy atom. The van der Waals surface area contributed by atoms with Crippen LogP contribution in [0.25, 0.3) is 0 Å². The first-order chi connectivity index (χ1) is 9.49. The van der Waals surface area contributed by atoms with Gasteiger partial charge in [0.15, 0.2) is 0 Å². The first-order valence-corrected chi connectivity index (χ1v) is 9.25. The predicted octanol–water partition coefficient (Wildman–Crippen LogP) is 5.15. The van der Waals surface area contributed by atoms with E-state index < -0.39 is 0 Å². The summed E-state index contributed by atoms with van der Waals surface area (Å²) < 4.78 is 0. The van der Waals surface area contributed by atoms with Crippen LogP contribution in [0.1, 0.15) is 85.5 Å². The van der Waals surface area contributed by atoms with Gasteiger partial charge in [-0.15, -0.1) is 0 Å². The third kappa shape index (κ3) is 2.16. The molecule has 0 aliphatic heterocycles. The Hall–Kier alpha value is -0.0400. The van der Waals surface area contributed by atoms with Crippen molar-refractivity contribution in [2.75, 3.05) is 0 Å². The Kier molecular flexibility index (Phi) is 3.95. The lowest BCUT2D eigenvalue weighted by atomic mass is 9.69. The summed E-state index contributed by atoms with van der Waals surface area (Å²) in [5.41, 5.74) is 1.09. The largest absolute Gasteiger partial charge is 0.310 e. The van der Waals surface area contributed by atoms with Crippen molar-refractivity contribution in [2.24, 2.45) is 22.7 Å². The zero-order valence-corrected chi connectivity index (χ0v) is 14.2. The monoisotopic (exact) mass is 277 g/mol. The van der Waals surface area contributed by atoms with Crippen molar-refractivity contribution in [3.63, 3.8) is 0 Å². The van der Waals surface area contributed by atoms with Gasteiger partial charge in [0, 0.05) is 12.1 Å². The van der Waals surface area contributed by atoms with Gasteiger partial charge in [0.1, 0.15) is 0 Å². The van der Waals surface area contributed by atoms with Crippen LogP contribution in [0.3, 0.4) is 0 Å². The maximum absolute atomic E-state index is 4.16. The molecule has 3 fully saturated rings. The average molecular weight is 277 g/mol. The highest BCUT2D eigenvalue weighted by molar-refractivity contribution is 5.13. The molecule has 4 unspecified atom stereocenters. The van der Waals surface area contributed by atoms with Crippen LogP contribution in [0.2, 0.25) is 0 Å². The number of rotatable bonds is 4. The minimum Gasteiger partial charge on any atom is -0.310 e. The van der Waals surface area contributed by atoms with E-state index in [1.54, 1.807) is 0 Å². The number of nitrogens with one attached hydrogen (secondary N) is 1. The lowest BCUT2D eigenvalue weighted by molar-refractivity contribution is 0.104. The Balaban J connectivity index is 1.68. The van der Waals surface area contributed by atoms with Gasteiger partial charge in [0.25, 0.3) is 0 Å². The molecule has 116 valence electrons. The van der Waals surface area contributed by atoms with Gasteiger partial charge in [0.2, 0.25) is 0 Å². The van der Waals surface area contributed by atoms with Gasteiger partial charge in [-0.1, -0.05) is 47.0 Å². The molecule has 0 radical (unpaired) electrons. The second-order valence-corrected chi connectivity index (χ2v) is 8.74. The summed E-state index contributed by atoms with van der Waals surface area (Å²) in [5.74, 6) is 1.92. The van der Waals surface area contributed by atoms with Crippen molar-refractivity contribution in [1.82, 2.24) is 5.32 Å². The van der Waals surface area contributed by atoms with Crippen molar-refractivity contribution in [3.05, 3.63) is 0 Å². The summed E-state index contributed by atoms with van der Waals surface area (Å²) in [6, 6.07) is 1.57. The predicted molar refractivity (Wildman–Crippen MR) is 86.8 cm³/mol. The maximum Gasteiger partial charge on any atom is 0.0132 e.